The van der Waals surface area contributed by atoms with Gasteiger partial charge in [-0.15, -0.1) is 11.3 Å². The molecule has 1 saturated heterocycles. The Labute approximate surface area is 130 Å². The Bertz CT molecular complexity index is 467. The van der Waals surface area contributed by atoms with Crippen LogP contribution >= 0.6 is 11.3 Å². The second-order valence-corrected chi connectivity index (χ2v) is 6.59. The highest BCUT2D eigenvalue weighted by atomic mass is 32.1. The van der Waals surface area contributed by atoms with E-state index in [4.69, 9.17) is 4.74 Å². The number of hydrogen-bond donors (Lipinski definition) is 1. The van der Waals surface area contributed by atoms with E-state index in [0.29, 0.717) is 17.2 Å². The molecular formula is C15H24N2O3S. The Kier molecular flexibility index (Phi) is 6.02. The van der Waals surface area contributed by atoms with Crippen LogP contribution in [0.2, 0.25) is 0 Å². The number of likely N-dealkylation sites (N-methyl/N-ethyl adjacent to an activating group) is 1. The lowest BCUT2D eigenvalue weighted by molar-refractivity contribution is 0.0696. The van der Waals surface area contributed by atoms with Crippen molar-refractivity contribution in [3.8, 4) is 5.75 Å². The number of ether oxygens (including phenoxy) is 1. The van der Waals surface area contributed by atoms with Gasteiger partial charge < -0.3 is 14.7 Å². The smallest absolute Gasteiger partial charge is 0.349 e. The number of carboxylic acids is 1. The van der Waals surface area contributed by atoms with Crippen molar-refractivity contribution < 1.29 is 14.6 Å². The van der Waals surface area contributed by atoms with Crippen molar-refractivity contribution in [1.82, 2.24) is 9.80 Å². The summed E-state index contributed by atoms with van der Waals surface area (Å²) in [6.07, 6.45) is 1.92. The molecule has 21 heavy (non-hydrogen) atoms. The number of carboxylic acid groups (broad SMARTS) is 1. The lowest BCUT2D eigenvalue weighted by atomic mass is 10.3. The van der Waals surface area contributed by atoms with Crippen molar-refractivity contribution in [2.45, 2.75) is 19.8 Å². The van der Waals surface area contributed by atoms with E-state index in [1.165, 1.54) is 11.3 Å². The summed E-state index contributed by atoms with van der Waals surface area (Å²) in [7, 11) is 2.13. The van der Waals surface area contributed by atoms with E-state index in [9.17, 15) is 9.90 Å². The molecule has 1 fully saturated rings. The van der Waals surface area contributed by atoms with Gasteiger partial charge in [0, 0.05) is 37.6 Å². The van der Waals surface area contributed by atoms with Gasteiger partial charge in [-0.05, 0) is 19.5 Å². The van der Waals surface area contributed by atoms with Crippen LogP contribution in [0, 0.1) is 0 Å². The van der Waals surface area contributed by atoms with Crippen LogP contribution in [0.1, 0.15) is 27.9 Å². The number of rotatable bonds is 7. The lowest BCUT2D eigenvalue weighted by Gasteiger charge is -2.32. The fraction of sp³-hybridized carbons (Fsp3) is 0.667. The summed E-state index contributed by atoms with van der Waals surface area (Å²) in [4.78, 5) is 17.3. The summed E-state index contributed by atoms with van der Waals surface area (Å²) in [6, 6.07) is 1.89. The van der Waals surface area contributed by atoms with Crippen molar-refractivity contribution in [3.63, 3.8) is 0 Å². The third-order valence-corrected chi connectivity index (χ3v) is 4.86. The van der Waals surface area contributed by atoms with Crippen LogP contribution in [0.3, 0.4) is 0 Å². The average molecular weight is 312 g/mol. The zero-order valence-corrected chi connectivity index (χ0v) is 13.6. The van der Waals surface area contributed by atoms with E-state index in [0.717, 1.165) is 50.4 Å². The third-order valence-electron chi connectivity index (χ3n) is 3.70. The van der Waals surface area contributed by atoms with Crippen molar-refractivity contribution >= 4 is 17.3 Å². The van der Waals surface area contributed by atoms with E-state index in [1.54, 1.807) is 0 Å². The number of aryl methyl sites for hydroxylation is 1. The molecule has 0 radical (unpaired) electrons. The van der Waals surface area contributed by atoms with Gasteiger partial charge in [0.2, 0.25) is 0 Å². The maximum absolute atomic E-state index is 11.3. The quantitative estimate of drug-likeness (QED) is 0.835. The van der Waals surface area contributed by atoms with Gasteiger partial charge in [0.25, 0.3) is 0 Å². The lowest BCUT2D eigenvalue weighted by Crippen LogP contribution is -2.45. The molecular weight excluding hydrogens is 288 g/mol. The molecule has 1 aromatic rings. The van der Waals surface area contributed by atoms with Gasteiger partial charge >= 0.3 is 5.97 Å². The summed E-state index contributed by atoms with van der Waals surface area (Å²) in [5, 5.41) is 9.24. The van der Waals surface area contributed by atoms with Crippen LogP contribution in [0.4, 0.5) is 0 Å². The highest BCUT2D eigenvalue weighted by Crippen LogP contribution is 2.30. The minimum absolute atomic E-state index is 0.330. The van der Waals surface area contributed by atoms with Gasteiger partial charge in [-0.25, -0.2) is 4.79 Å². The number of aromatic carboxylic acids is 1. The highest BCUT2D eigenvalue weighted by Gasteiger charge is 2.18. The normalized spacial score (nSPS) is 17.0. The molecule has 0 aliphatic carbocycles. The molecule has 1 aliphatic rings. The molecule has 2 heterocycles. The molecule has 2 rings (SSSR count). The van der Waals surface area contributed by atoms with Gasteiger partial charge in [-0.2, -0.15) is 0 Å². The van der Waals surface area contributed by atoms with Gasteiger partial charge in [0.05, 0.1) is 0 Å². The second kappa shape index (κ2) is 7.77. The Morgan fingerprint density at radius 3 is 2.71 bits per heavy atom. The molecule has 0 saturated carbocycles. The van der Waals surface area contributed by atoms with Crippen LogP contribution in [-0.2, 0) is 6.42 Å². The fourth-order valence-corrected chi connectivity index (χ4v) is 3.44. The van der Waals surface area contributed by atoms with Gasteiger partial charge in [-0.1, -0.05) is 13.3 Å². The summed E-state index contributed by atoms with van der Waals surface area (Å²) in [6.45, 7) is 7.76. The molecule has 0 aromatic carbocycles. The summed E-state index contributed by atoms with van der Waals surface area (Å²) >= 11 is 1.33. The number of nitrogens with zero attached hydrogens (tertiary/aromatic N) is 2. The zero-order chi connectivity index (χ0) is 15.2. The maximum atomic E-state index is 11.3. The molecule has 0 unspecified atom stereocenters. The maximum Gasteiger partial charge on any atom is 0.349 e. The molecule has 1 aliphatic heterocycles. The SMILES string of the molecule is CCCc1cc(OCCN2CCN(C)CC2)c(C(=O)O)s1. The molecule has 1 aromatic heterocycles. The monoisotopic (exact) mass is 312 g/mol. The standard InChI is InChI=1S/C15H24N2O3S/c1-3-4-12-11-13(14(21-12)15(18)19)20-10-9-17-7-5-16(2)6-8-17/h11H,3-10H2,1-2H3,(H,18,19). The Balaban J connectivity index is 1.85. The zero-order valence-electron chi connectivity index (χ0n) is 12.8. The predicted octanol–water partition coefficient (Wildman–Crippen LogP) is 2.02. The minimum atomic E-state index is -0.892. The first kappa shape index (κ1) is 16.3. The molecule has 118 valence electrons. The van der Waals surface area contributed by atoms with Crippen molar-refractivity contribution in [1.29, 1.82) is 0 Å². The molecule has 0 amide bonds. The molecule has 6 heteroatoms. The van der Waals surface area contributed by atoms with E-state index < -0.39 is 5.97 Å². The summed E-state index contributed by atoms with van der Waals surface area (Å²) in [5.74, 6) is -0.359. The first-order valence-electron chi connectivity index (χ1n) is 7.50. The Hall–Kier alpha value is -1.11. The van der Waals surface area contributed by atoms with Crippen LogP contribution in [0.25, 0.3) is 0 Å². The second-order valence-electron chi connectivity index (χ2n) is 5.45. The minimum Gasteiger partial charge on any atom is -0.490 e. The number of thiophene rings is 1. The van der Waals surface area contributed by atoms with Crippen molar-refractivity contribution in [2.24, 2.45) is 0 Å². The average Bonchev–Trinajstić information content (AvgIpc) is 2.85. The van der Waals surface area contributed by atoms with Gasteiger partial charge in [0.15, 0.2) is 4.88 Å². The van der Waals surface area contributed by atoms with E-state index in [1.807, 2.05) is 6.07 Å². The third kappa shape index (κ3) is 4.69. The van der Waals surface area contributed by atoms with Crippen LogP contribution in [-0.4, -0.2) is 67.3 Å². The van der Waals surface area contributed by atoms with E-state index in [2.05, 4.69) is 23.8 Å². The van der Waals surface area contributed by atoms with Crippen LogP contribution in [0.15, 0.2) is 6.07 Å². The summed E-state index contributed by atoms with van der Waals surface area (Å²) < 4.78 is 5.73. The predicted molar refractivity (Wildman–Crippen MR) is 84.7 cm³/mol. The first-order chi connectivity index (χ1) is 10.1. The van der Waals surface area contributed by atoms with Crippen molar-refractivity contribution in [2.75, 3.05) is 46.4 Å². The van der Waals surface area contributed by atoms with Crippen LogP contribution < -0.4 is 4.74 Å². The largest absolute Gasteiger partial charge is 0.490 e. The Morgan fingerprint density at radius 1 is 1.38 bits per heavy atom. The highest BCUT2D eigenvalue weighted by molar-refractivity contribution is 7.14. The summed E-state index contributed by atoms with van der Waals surface area (Å²) in [5.41, 5.74) is 0. The molecule has 0 spiro atoms. The van der Waals surface area contributed by atoms with Crippen LogP contribution in [0.5, 0.6) is 5.75 Å². The Morgan fingerprint density at radius 2 is 2.10 bits per heavy atom. The topological polar surface area (TPSA) is 53.0 Å². The first-order valence-corrected chi connectivity index (χ1v) is 8.31. The number of piperazine rings is 1. The van der Waals surface area contributed by atoms with Crippen molar-refractivity contribution in [3.05, 3.63) is 15.8 Å². The van der Waals surface area contributed by atoms with Gasteiger partial charge in [-0.3, -0.25) is 4.90 Å². The molecule has 5 nitrogen and oxygen atoms in total. The van der Waals surface area contributed by atoms with E-state index >= 15 is 0 Å². The number of hydrogen-bond acceptors (Lipinski definition) is 5. The molecule has 0 bridgehead atoms. The molecule has 1 N–H and O–H groups in total. The number of carbonyl (C=O) groups is 1. The fourth-order valence-electron chi connectivity index (χ4n) is 2.40. The van der Waals surface area contributed by atoms with E-state index in [-0.39, 0.29) is 0 Å². The van der Waals surface area contributed by atoms with Gasteiger partial charge in [0.1, 0.15) is 12.4 Å². The molecule has 0 atom stereocenters.